The van der Waals surface area contributed by atoms with Gasteiger partial charge < -0.3 is 5.32 Å². The summed E-state index contributed by atoms with van der Waals surface area (Å²) in [6.07, 6.45) is 0.848. The second-order valence-corrected chi connectivity index (χ2v) is 5.94. The van der Waals surface area contributed by atoms with Gasteiger partial charge in [-0.3, -0.25) is 4.79 Å². The number of thiophene rings is 2. The number of rotatable bonds is 6. The highest BCUT2D eigenvalue weighted by atomic mass is 32.1. The zero-order valence-electron chi connectivity index (χ0n) is 10.1. The third kappa shape index (κ3) is 4.10. The van der Waals surface area contributed by atoms with Crippen LogP contribution in [0.2, 0.25) is 0 Å². The zero-order valence-corrected chi connectivity index (χ0v) is 11.7. The molecule has 1 amide bonds. The predicted molar refractivity (Wildman–Crippen MR) is 77.5 cm³/mol. The summed E-state index contributed by atoms with van der Waals surface area (Å²) >= 11 is 3.04. The molecule has 2 aromatic rings. The predicted octanol–water partition coefficient (Wildman–Crippen LogP) is 3.59. The fourth-order valence-electron chi connectivity index (χ4n) is 1.53. The topological polar surface area (TPSA) is 77.9 Å². The Bertz CT molecular complexity index is 585. The monoisotopic (exact) mass is 292 g/mol. The molecule has 0 aliphatic rings. The fourth-order valence-corrected chi connectivity index (χ4v) is 3.08. The smallest absolute Gasteiger partial charge is 0.261 e. The molecule has 5 nitrogen and oxygen atoms in total. The van der Waals surface area contributed by atoms with E-state index in [9.17, 15) is 4.79 Å². The lowest BCUT2D eigenvalue weighted by molar-refractivity contribution is 0.0958. The molecule has 0 aliphatic carbocycles. The van der Waals surface area contributed by atoms with Gasteiger partial charge in [0.05, 0.1) is 11.4 Å². The summed E-state index contributed by atoms with van der Waals surface area (Å²) in [5.74, 6) is -0.0752. The van der Waals surface area contributed by atoms with Crippen molar-refractivity contribution in [3.8, 4) is 0 Å². The molecule has 2 rings (SSSR count). The Balaban J connectivity index is 1.82. The van der Waals surface area contributed by atoms with Crippen molar-refractivity contribution in [2.45, 2.75) is 13.0 Å². The summed E-state index contributed by atoms with van der Waals surface area (Å²) in [5.41, 5.74) is 8.23. The molecule has 2 aromatic heterocycles. The van der Waals surface area contributed by atoms with Gasteiger partial charge in [0.15, 0.2) is 0 Å². The summed E-state index contributed by atoms with van der Waals surface area (Å²) < 4.78 is 0. The SMILES string of the molecule is [N-]=[N+]=NCc1ccc(C(=O)NCCc2cccs2)s1. The first kappa shape index (κ1) is 13.6. The average Bonchev–Trinajstić information content (AvgIpc) is 3.07. The summed E-state index contributed by atoms with van der Waals surface area (Å²) in [4.78, 5) is 17.4. The average molecular weight is 292 g/mol. The van der Waals surface area contributed by atoms with Crippen LogP contribution in [0.25, 0.3) is 10.4 Å². The summed E-state index contributed by atoms with van der Waals surface area (Å²) in [5, 5.41) is 8.38. The van der Waals surface area contributed by atoms with E-state index < -0.39 is 0 Å². The highest BCUT2D eigenvalue weighted by Crippen LogP contribution is 2.17. The number of nitrogens with zero attached hydrogens (tertiary/aromatic N) is 3. The second-order valence-electron chi connectivity index (χ2n) is 3.74. The van der Waals surface area contributed by atoms with Crippen LogP contribution in [0.15, 0.2) is 34.8 Å². The molecular weight excluding hydrogens is 280 g/mol. The van der Waals surface area contributed by atoms with Gasteiger partial charge in [-0.1, -0.05) is 11.2 Å². The Hall–Kier alpha value is -1.82. The van der Waals surface area contributed by atoms with Gasteiger partial charge in [0.25, 0.3) is 5.91 Å². The molecule has 19 heavy (non-hydrogen) atoms. The fraction of sp³-hybridized carbons (Fsp3) is 0.250. The Morgan fingerprint density at radius 1 is 1.37 bits per heavy atom. The molecule has 1 N–H and O–H groups in total. The van der Waals surface area contributed by atoms with Crippen LogP contribution in [0.1, 0.15) is 19.4 Å². The number of azide groups is 1. The molecule has 0 fully saturated rings. The molecule has 98 valence electrons. The van der Waals surface area contributed by atoms with Crippen molar-refractivity contribution >= 4 is 28.6 Å². The Morgan fingerprint density at radius 3 is 3.00 bits per heavy atom. The lowest BCUT2D eigenvalue weighted by Gasteiger charge is -2.01. The van der Waals surface area contributed by atoms with Crippen molar-refractivity contribution in [3.63, 3.8) is 0 Å². The van der Waals surface area contributed by atoms with E-state index in [1.54, 1.807) is 17.4 Å². The van der Waals surface area contributed by atoms with E-state index in [4.69, 9.17) is 5.53 Å². The van der Waals surface area contributed by atoms with Gasteiger partial charge in [0, 0.05) is 21.2 Å². The highest BCUT2D eigenvalue weighted by molar-refractivity contribution is 7.14. The minimum atomic E-state index is -0.0752. The van der Waals surface area contributed by atoms with Crippen LogP contribution in [0.3, 0.4) is 0 Å². The molecule has 0 atom stereocenters. The van der Waals surface area contributed by atoms with E-state index >= 15 is 0 Å². The van der Waals surface area contributed by atoms with Crippen molar-refractivity contribution < 1.29 is 4.79 Å². The van der Waals surface area contributed by atoms with Crippen LogP contribution in [-0.4, -0.2) is 12.5 Å². The Kier molecular flexibility index (Phi) is 4.97. The van der Waals surface area contributed by atoms with Crippen LogP contribution >= 0.6 is 22.7 Å². The molecular formula is C12H12N4OS2. The maximum Gasteiger partial charge on any atom is 0.261 e. The van der Waals surface area contributed by atoms with Gasteiger partial charge in [0.1, 0.15) is 0 Å². The van der Waals surface area contributed by atoms with E-state index in [-0.39, 0.29) is 5.91 Å². The first-order valence-electron chi connectivity index (χ1n) is 5.70. The van der Waals surface area contributed by atoms with Gasteiger partial charge in [-0.05, 0) is 35.5 Å². The minimum absolute atomic E-state index is 0.0752. The third-order valence-corrected chi connectivity index (χ3v) is 4.42. The molecule has 0 unspecified atom stereocenters. The van der Waals surface area contributed by atoms with Crippen molar-refractivity contribution in [3.05, 3.63) is 54.7 Å². The number of amides is 1. The molecule has 0 spiro atoms. The van der Waals surface area contributed by atoms with Crippen LogP contribution in [0.5, 0.6) is 0 Å². The van der Waals surface area contributed by atoms with E-state index in [1.807, 2.05) is 17.5 Å². The molecule has 0 saturated heterocycles. The summed E-state index contributed by atoms with van der Waals surface area (Å²) in [7, 11) is 0. The Morgan fingerprint density at radius 2 is 2.26 bits per heavy atom. The van der Waals surface area contributed by atoms with Gasteiger partial charge in [-0.15, -0.1) is 22.7 Å². The molecule has 0 aliphatic heterocycles. The zero-order chi connectivity index (χ0) is 13.5. The normalized spacial score (nSPS) is 9.89. The molecule has 0 bridgehead atoms. The third-order valence-electron chi connectivity index (χ3n) is 2.41. The van der Waals surface area contributed by atoms with Crippen molar-refractivity contribution in [1.82, 2.24) is 5.32 Å². The number of hydrogen-bond acceptors (Lipinski definition) is 4. The van der Waals surface area contributed by atoms with Gasteiger partial charge in [0.2, 0.25) is 0 Å². The maximum absolute atomic E-state index is 11.9. The van der Waals surface area contributed by atoms with E-state index in [1.165, 1.54) is 16.2 Å². The summed E-state index contributed by atoms with van der Waals surface area (Å²) in [6.45, 7) is 0.923. The van der Waals surface area contributed by atoms with Crippen LogP contribution in [0.4, 0.5) is 0 Å². The van der Waals surface area contributed by atoms with Crippen molar-refractivity contribution in [2.75, 3.05) is 6.54 Å². The lowest BCUT2D eigenvalue weighted by atomic mass is 10.3. The largest absolute Gasteiger partial charge is 0.351 e. The van der Waals surface area contributed by atoms with E-state index in [0.717, 1.165) is 11.3 Å². The maximum atomic E-state index is 11.9. The minimum Gasteiger partial charge on any atom is -0.351 e. The Labute approximate surface area is 118 Å². The first-order chi connectivity index (χ1) is 9.29. The molecule has 0 saturated carbocycles. The first-order valence-corrected chi connectivity index (χ1v) is 7.39. The molecule has 7 heteroatoms. The van der Waals surface area contributed by atoms with Crippen LogP contribution in [0, 0.1) is 0 Å². The molecule has 2 heterocycles. The second kappa shape index (κ2) is 6.94. The van der Waals surface area contributed by atoms with E-state index in [2.05, 4.69) is 21.4 Å². The van der Waals surface area contributed by atoms with Crippen molar-refractivity contribution in [2.24, 2.45) is 5.11 Å². The quantitative estimate of drug-likeness (QED) is 0.493. The van der Waals surface area contributed by atoms with Gasteiger partial charge in [-0.25, -0.2) is 0 Å². The highest BCUT2D eigenvalue weighted by Gasteiger charge is 2.08. The molecule has 0 aromatic carbocycles. The number of carbonyl (C=O) groups excluding carboxylic acids is 1. The van der Waals surface area contributed by atoms with Gasteiger partial charge >= 0.3 is 0 Å². The lowest BCUT2D eigenvalue weighted by Crippen LogP contribution is -2.24. The standard InChI is InChI=1S/C12H12N4OS2/c13-16-15-8-10-3-4-11(19-10)12(17)14-6-5-9-2-1-7-18-9/h1-4,7H,5-6,8H2,(H,14,17). The number of nitrogens with one attached hydrogen (secondary N) is 1. The van der Waals surface area contributed by atoms with Crippen molar-refractivity contribution in [1.29, 1.82) is 0 Å². The van der Waals surface area contributed by atoms with Crippen LogP contribution in [-0.2, 0) is 13.0 Å². The van der Waals surface area contributed by atoms with Crippen LogP contribution < -0.4 is 5.32 Å². The van der Waals surface area contributed by atoms with Gasteiger partial charge in [-0.2, -0.15) is 0 Å². The number of carbonyl (C=O) groups is 1. The van der Waals surface area contributed by atoms with E-state index in [0.29, 0.717) is 18.0 Å². The molecule has 0 radical (unpaired) electrons. The number of hydrogen-bond donors (Lipinski definition) is 1. The summed E-state index contributed by atoms with van der Waals surface area (Å²) in [6, 6.07) is 7.63.